The first-order chi connectivity index (χ1) is 8.90. The van der Waals surface area contributed by atoms with Crippen molar-refractivity contribution in [2.75, 3.05) is 0 Å². The van der Waals surface area contributed by atoms with Crippen LogP contribution < -0.4 is 5.32 Å². The van der Waals surface area contributed by atoms with Crippen molar-refractivity contribution in [3.8, 4) is 0 Å². The Hall–Kier alpha value is -1.91. The monoisotopic (exact) mass is 267 g/mol. The molecule has 0 spiro atoms. The van der Waals surface area contributed by atoms with Crippen LogP contribution in [0.15, 0.2) is 18.2 Å². The van der Waals surface area contributed by atoms with E-state index >= 15 is 0 Å². The summed E-state index contributed by atoms with van der Waals surface area (Å²) in [5.41, 5.74) is 1.25. The van der Waals surface area contributed by atoms with E-state index in [9.17, 15) is 14.0 Å². The van der Waals surface area contributed by atoms with Gasteiger partial charge in [0.15, 0.2) is 0 Å². The van der Waals surface area contributed by atoms with Crippen molar-refractivity contribution >= 4 is 11.9 Å². The molecule has 1 atom stereocenters. The summed E-state index contributed by atoms with van der Waals surface area (Å²) in [6.07, 6.45) is 0.433. The summed E-state index contributed by atoms with van der Waals surface area (Å²) in [7, 11) is 0. The number of nitrogens with one attached hydrogen (secondary N) is 1. The highest BCUT2D eigenvalue weighted by Gasteiger charge is 2.11. The minimum absolute atomic E-state index is 0.0268. The summed E-state index contributed by atoms with van der Waals surface area (Å²) in [5.74, 6) is -1.44. The van der Waals surface area contributed by atoms with Crippen LogP contribution in [0.3, 0.4) is 0 Å². The third-order valence-electron chi connectivity index (χ3n) is 2.87. The maximum Gasteiger partial charge on any atom is 0.303 e. The van der Waals surface area contributed by atoms with Crippen molar-refractivity contribution < 1.29 is 19.1 Å². The number of hydrogen-bond donors (Lipinski definition) is 2. The molecule has 1 aromatic rings. The standard InChI is InChI=1S/C14H18FNO3/c1-9-6-7-11(8-12(9)15)10(2)16-13(17)4-3-5-14(18)19/h6-8,10H,3-5H2,1-2H3,(H,16,17)(H,18,19). The number of aryl methyl sites for hydroxylation is 1. The molecule has 0 saturated heterocycles. The molecule has 2 N–H and O–H groups in total. The largest absolute Gasteiger partial charge is 0.481 e. The maximum absolute atomic E-state index is 13.4. The van der Waals surface area contributed by atoms with E-state index in [0.717, 1.165) is 0 Å². The predicted octanol–water partition coefficient (Wildman–Crippen LogP) is 2.57. The highest BCUT2D eigenvalue weighted by Crippen LogP contribution is 2.16. The van der Waals surface area contributed by atoms with Gasteiger partial charge in [-0.15, -0.1) is 0 Å². The van der Waals surface area contributed by atoms with Gasteiger partial charge in [0.05, 0.1) is 6.04 Å². The molecule has 0 fully saturated rings. The Labute approximate surface area is 111 Å². The van der Waals surface area contributed by atoms with Gasteiger partial charge >= 0.3 is 5.97 Å². The van der Waals surface area contributed by atoms with Crippen molar-refractivity contribution in [1.82, 2.24) is 5.32 Å². The molecule has 0 bridgehead atoms. The van der Waals surface area contributed by atoms with E-state index in [1.54, 1.807) is 26.0 Å². The highest BCUT2D eigenvalue weighted by molar-refractivity contribution is 5.77. The molecule has 1 aromatic carbocycles. The second kappa shape index (κ2) is 6.87. The van der Waals surface area contributed by atoms with Crippen LogP contribution in [0, 0.1) is 12.7 Å². The molecule has 0 aromatic heterocycles. The predicted molar refractivity (Wildman–Crippen MR) is 69.2 cm³/mol. The molecule has 1 rings (SSSR count). The molecule has 0 radical (unpaired) electrons. The van der Waals surface area contributed by atoms with Gasteiger partial charge in [-0.3, -0.25) is 9.59 Å². The first-order valence-corrected chi connectivity index (χ1v) is 6.17. The van der Waals surface area contributed by atoms with E-state index in [1.807, 2.05) is 0 Å². The molecule has 0 saturated carbocycles. The Kier molecular flexibility index (Phi) is 5.48. The van der Waals surface area contributed by atoms with Crippen LogP contribution in [0.4, 0.5) is 4.39 Å². The number of carboxylic acids is 1. The van der Waals surface area contributed by atoms with Crippen molar-refractivity contribution in [1.29, 1.82) is 0 Å². The van der Waals surface area contributed by atoms with E-state index < -0.39 is 5.97 Å². The van der Waals surface area contributed by atoms with E-state index in [-0.39, 0.29) is 30.6 Å². The summed E-state index contributed by atoms with van der Waals surface area (Å²) < 4.78 is 13.4. The van der Waals surface area contributed by atoms with Crippen LogP contribution in [-0.4, -0.2) is 17.0 Å². The summed E-state index contributed by atoms with van der Waals surface area (Å²) in [5, 5.41) is 11.2. The number of halogens is 1. The number of aliphatic carboxylic acids is 1. The molecule has 1 unspecified atom stereocenters. The highest BCUT2D eigenvalue weighted by atomic mass is 19.1. The number of carbonyl (C=O) groups is 2. The van der Waals surface area contributed by atoms with Crippen molar-refractivity contribution in [3.63, 3.8) is 0 Å². The Morgan fingerprint density at radius 2 is 2.05 bits per heavy atom. The summed E-state index contributed by atoms with van der Waals surface area (Å²) >= 11 is 0. The SMILES string of the molecule is Cc1ccc(C(C)NC(=O)CCCC(=O)O)cc1F. The van der Waals surface area contributed by atoms with Gasteiger partial charge in [0, 0.05) is 12.8 Å². The summed E-state index contributed by atoms with van der Waals surface area (Å²) in [6.45, 7) is 3.44. The molecule has 4 nitrogen and oxygen atoms in total. The van der Waals surface area contributed by atoms with Crippen LogP contribution >= 0.6 is 0 Å². The van der Waals surface area contributed by atoms with Crippen LogP contribution in [0.25, 0.3) is 0 Å². The lowest BCUT2D eigenvalue weighted by Gasteiger charge is -2.14. The van der Waals surface area contributed by atoms with Crippen LogP contribution in [0.1, 0.15) is 43.4 Å². The van der Waals surface area contributed by atoms with Crippen molar-refractivity contribution in [3.05, 3.63) is 35.1 Å². The lowest BCUT2D eigenvalue weighted by Crippen LogP contribution is -2.26. The Morgan fingerprint density at radius 3 is 2.63 bits per heavy atom. The normalized spacial score (nSPS) is 11.9. The number of rotatable bonds is 6. The average molecular weight is 267 g/mol. The minimum atomic E-state index is -0.915. The zero-order valence-electron chi connectivity index (χ0n) is 11.1. The first kappa shape index (κ1) is 15.1. The third kappa shape index (κ3) is 5.07. The van der Waals surface area contributed by atoms with Crippen LogP contribution in [0.2, 0.25) is 0 Å². The van der Waals surface area contributed by atoms with Gasteiger partial charge in [0.25, 0.3) is 0 Å². The zero-order chi connectivity index (χ0) is 14.4. The van der Waals surface area contributed by atoms with Gasteiger partial charge in [-0.05, 0) is 37.5 Å². The number of carboxylic acid groups (broad SMARTS) is 1. The topological polar surface area (TPSA) is 66.4 Å². The van der Waals surface area contributed by atoms with Gasteiger partial charge in [-0.1, -0.05) is 12.1 Å². The second-order valence-corrected chi connectivity index (χ2v) is 4.55. The number of carbonyl (C=O) groups excluding carboxylic acids is 1. The van der Waals surface area contributed by atoms with E-state index in [2.05, 4.69) is 5.32 Å². The Bertz CT molecular complexity index is 474. The molecule has 0 aliphatic carbocycles. The molecule has 1 amide bonds. The zero-order valence-corrected chi connectivity index (χ0v) is 11.1. The quantitative estimate of drug-likeness (QED) is 0.832. The van der Waals surface area contributed by atoms with Crippen molar-refractivity contribution in [2.45, 2.75) is 39.2 Å². The molecular formula is C14H18FNO3. The smallest absolute Gasteiger partial charge is 0.303 e. The van der Waals surface area contributed by atoms with E-state index in [0.29, 0.717) is 17.5 Å². The molecular weight excluding hydrogens is 249 g/mol. The average Bonchev–Trinajstić information content (AvgIpc) is 2.32. The number of hydrogen-bond acceptors (Lipinski definition) is 2. The minimum Gasteiger partial charge on any atom is -0.481 e. The molecule has 5 heteroatoms. The van der Waals surface area contributed by atoms with Gasteiger partial charge in [0.2, 0.25) is 5.91 Å². The van der Waals surface area contributed by atoms with Crippen LogP contribution in [-0.2, 0) is 9.59 Å². The van der Waals surface area contributed by atoms with Gasteiger partial charge in [-0.2, -0.15) is 0 Å². The fourth-order valence-corrected chi connectivity index (χ4v) is 1.68. The van der Waals surface area contributed by atoms with Crippen LogP contribution in [0.5, 0.6) is 0 Å². The molecule has 0 aliphatic rings. The van der Waals surface area contributed by atoms with E-state index in [1.165, 1.54) is 6.07 Å². The summed E-state index contributed by atoms with van der Waals surface area (Å²) in [4.78, 5) is 21.9. The maximum atomic E-state index is 13.4. The van der Waals surface area contributed by atoms with Gasteiger partial charge in [0.1, 0.15) is 5.82 Å². The fraction of sp³-hybridized carbons (Fsp3) is 0.429. The molecule has 104 valence electrons. The lowest BCUT2D eigenvalue weighted by atomic mass is 10.1. The molecule has 19 heavy (non-hydrogen) atoms. The second-order valence-electron chi connectivity index (χ2n) is 4.55. The van der Waals surface area contributed by atoms with Crippen molar-refractivity contribution in [2.24, 2.45) is 0 Å². The number of amides is 1. The van der Waals surface area contributed by atoms with E-state index in [4.69, 9.17) is 5.11 Å². The lowest BCUT2D eigenvalue weighted by molar-refractivity contribution is -0.137. The molecule has 0 aliphatic heterocycles. The third-order valence-corrected chi connectivity index (χ3v) is 2.87. The Balaban J connectivity index is 2.49. The Morgan fingerprint density at radius 1 is 1.37 bits per heavy atom. The first-order valence-electron chi connectivity index (χ1n) is 6.17. The number of benzene rings is 1. The fourth-order valence-electron chi connectivity index (χ4n) is 1.68. The molecule has 0 heterocycles. The summed E-state index contributed by atoms with van der Waals surface area (Å²) in [6, 6.07) is 4.53. The van der Waals surface area contributed by atoms with Gasteiger partial charge in [-0.25, -0.2) is 4.39 Å². The van der Waals surface area contributed by atoms with Gasteiger partial charge < -0.3 is 10.4 Å².